The zero-order valence-corrected chi connectivity index (χ0v) is 12.9. The van der Waals surface area contributed by atoms with Gasteiger partial charge in [0.15, 0.2) is 0 Å². The first-order valence-corrected chi connectivity index (χ1v) is 7.66. The van der Waals surface area contributed by atoms with E-state index < -0.39 is 6.10 Å². The minimum Gasteiger partial charge on any atom is -0.389 e. The molecule has 1 fully saturated rings. The molecule has 0 aliphatic heterocycles. The molecule has 3 nitrogen and oxygen atoms in total. The molecule has 0 aromatic heterocycles. The van der Waals surface area contributed by atoms with E-state index in [1.165, 1.54) is 24.0 Å². The lowest BCUT2D eigenvalue weighted by Crippen LogP contribution is -2.30. The fourth-order valence-electron chi connectivity index (χ4n) is 1.91. The van der Waals surface area contributed by atoms with Crippen molar-refractivity contribution in [2.24, 2.45) is 5.92 Å². The van der Waals surface area contributed by atoms with Crippen molar-refractivity contribution in [2.75, 3.05) is 19.8 Å². The van der Waals surface area contributed by atoms with E-state index in [0.717, 1.165) is 23.5 Å². The van der Waals surface area contributed by atoms with Crippen molar-refractivity contribution in [1.82, 2.24) is 5.32 Å². The van der Waals surface area contributed by atoms with Crippen LogP contribution in [0.3, 0.4) is 0 Å². The Balaban J connectivity index is 1.60. The van der Waals surface area contributed by atoms with Crippen molar-refractivity contribution in [3.8, 4) is 0 Å². The Hall–Kier alpha value is -0.420. The summed E-state index contributed by atoms with van der Waals surface area (Å²) in [6.07, 6.45) is 2.16. The summed E-state index contributed by atoms with van der Waals surface area (Å²) in [5, 5.41) is 13.0. The number of aliphatic hydroxyl groups excluding tert-OH is 1. The Morgan fingerprint density at radius 3 is 2.95 bits per heavy atom. The molecule has 1 unspecified atom stereocenters. The monoisotopic (exact) mass is 327 g/mol. The first-order chi connectivity index (χ1) is 9.15. The van der Waals surface area contributed by atoms with E-state index in [1.807, 2.05) is 0 Å². The molecular weight excluding hydrogens is 306 g/mol. The van der Waals surface area contributed by atoms with E-state index >= 15 is 0 Å². The summed E-state index contributed by atoms with van der Waals surface area (Å²) < 4.78 is 6.59. The highest BCUT2D eigenvalue weighted by Gasteiger charge is 2.21. The number of ether oxygens (including phenoxy) is 1. The van der Waals surface area contributed by atoms with Gasteiger partial charge in [-0.2, -0.15) is 0 Å². The second-order valence-corrected chi connectivity index (χ2v) is 6.20. The van der Waals surface area contributed by atoms with Gasteiger partial charge in [-0.1, -0.05) is 28.1 Å². The van der Waals surface area contributed by atoms with Gasteiger partial charge in [-0.3, -0.25) is 0 Å². The second-order valence-electron chi connectivity index (χ2n) is 5.35. The molecule has 1 aromatic carbocycles. The van der Waals surface area contributed by atoms with Crippen LogP contribution >= 0.6 is 15.9 Å². The first kappa shape index (κ1) is 15.0. The second kappa shape index (κ2) is 7.39. The summed E-state index contributed by atoms with van der Waals surface area (Å²) in [5.74, 6) is 0.755. The molecule has 2 rings (SSSR count). The van der Waals surface area contributed by atoms with Gasteiger partial charge < -0.3 is 15.2 Å². The van der Waals surface area contributed by atoms with Gasteiger partial charge in [0.2, 0.25) is 0 Å². The van der Waals surface area contributed by atoms with E-state index in [4.69, 9.17) is 4.74 Å². The molecule has 0 amide bonds. The lowest BCUT2D eigenvalue weighted by Gasteiger charge is -2.12. The van der Waals surface area contributed by atoms with Crippen LogP contribution in [0.25, 0.3) is 0 Å². The fraction of sp³-hybridized carbons (Fsp3) is 0.600. The van der Waals surface area contributed by atoms with Crippen LogP contribution in [0.1, 0.15) is 24.0 Å². The largest absolute Gasteiger partial charge is 0.389 e. The van der Waals surface area contributed by atoms with Gasteiger partial charge in [-0.25, -0.2) is 0 Å². The molecule has 4 heteroatoms. The van der Waals surface area contributed by atoms with Crippen molar-refractivity contribution in [3.05, 3.63) is 33.8 Å². The van der Waals surface area contributed by atoms with Crippen molar-refractivity contribution in [3.63, 3.8) is 0 Å². The van der Waals surface area contributed by atoms with Crippen LogP contribution in [0, 0.1) is 12.8 Å². The van der Waals surface area contributed by atoms with Gasteiger partial charge in [0, 0.05) is 24.2 Å². The first-order valence-electron chi connectivity index (χ1n) is 6.86. The molecule has 1 atom stereocenters. The average molecular weight is 328 g/mol. The summed E-state index contributed by atoms with van der Waals surface area (Å²) in [4.78, 5) is 0. The number of hydrogen-bond acceptors (Lipinski definition) is 3. The molecule has 2 N–H and O–H groups in total. The van der Waals surface area contributed by atoms with Crippen LogP contribution < -0.4 is 5.32 Å². The number of halogens is 1. The van der Waals surface area contributed by atoms with Gasteiger partial charge in [0.05, 0.1) is 12.7 Å². The molecule has 0 heterocycles. The molecule has 106 valence electrons. The topological polar surface area (TPSA) is 41.5 Å². The molecule has 0 spiro atoms. The van der Waals surface area contributed by atoms with Crippen LogP contribution in [0.4, 0.5) is 0 Å². The summed E-state index contributed by atoms with van der Waals surface area (Å²) >= 11 is 3.49. The number of aryl methyl sites for hydroxylation is 1. The minimum absolute atomic E-state index is 0.421. The predicted molar refractivity (Wildman–Crippen MR) is 80.1 cm³/mol. The number of aliphatic hydroxyl groups is 1. The van der Waals surface area contributed by atoms with E-state index in [0.29, 0.717) is 13.2 Å². The summed E-state index contributed by atoms with van der Waals surface area (Å²) in [5.41, 5.74) is 2.46. The van der Waals surface area contributed by atoms with Crippen molar-refractivity contribution >= 4 is 15.9 Å². The lowest BCUT2D eigenvalue weighted by atomic mass is 10.1. The SMILES string of the molecule is Cc1cc(CNCC(O)COCC2CC2)ccc1Br. The molecule has 1 aromatic rings. The van der Waals surface area contributed by atoms with E-state index in [9.17, 15) is 5.11 Å². The van der Waals surface area contributed by atoms with Gasteiger partial charge >= 0.3 is 0 Å². The number of nitrogens with one attached hydrogen (secondary N) is 1. The van der Waals surface area contributed by atoms with Crippen LogP contribution in [0.5, 0.6) is 0 Å². The Labute approximate surface area is 123 Å². The third-order valence-electron chi connectivity index (χ3n) is 3.29. The van der Waals surface area contributed by atoms with Crippen LogP contribution in [0.2, 0.25) is 0 Å². The third-order valence-corrected chi connectivity index (χ3v) is 4.18. The molecule has 19 heavy (non-hydrogen) atoms. The zero-order valence-electron chi connectivity index (χ0n) is 11.4. The highest BCUT2D eigenvalue weighted by atomic mass is 79.9. The maximum Gasteiger partial charge on any atom is 0.0897 e. The smallest absolute Gasteiger partial charge is 0.0897 e. The van der Waals surface area contributed by atoms with Crippen LogP contribution in [0.15, 0.2) is 22.7 Å². The molecule has 0 radical (unpaired) electrons. The third kappa shape index (κ3) is 5.61. The standard InChI is InChI=1S/C15H22BrNO2/c1-11-6-13(4-5-15(11)16)7-17-8-14(18)10-19-9-12-2-3-12/h4-6,12,14,17-18H,2-3,7-10H2,1H3. The maximum atomic E-state index is 9.76. The molecule has 0 bridgehead atoms. The predicted octanol–water partition coefficient (Wildman–Crippen LogP) is 2.63. The van der Waals surface area contributed by atoms with Gasteiger partial charge in [-0.15, -0.1) is 0 Å². The van der Waals surface area contributed by atoms with Gasteiger partial charge in [0.1, 0.15) is 0 Å². The molecular formula is C15H22BrNO2. The normalized spacial score (nSPS) is 16.6. The Morgan fingerprint density at radius 2 is 2.26 bits per heavy atom. The minimum atomic E-state index is -0.421. The molecule has 1 aliphatic carbocycles. The Morgan fingerprint density at radius 1 is 1.47 bits per heavy atom. The molecule has 1 saturated carbocycles. The van der Waals surface area contributed by atoms with Crippen molar-refractivity contribution in [1.29, 1.82) is 0 Å². The Bertz CT molecular complexity index is 407. The van der Waals surface area contributed by atoms with Crippen LogP contribution in [-0.4, -0.2) is 31.0 Å². The average Bonchev–Trinajstić information content (AvgIpc) is 3.18. The van der Waals surface area contributed by atoms with E-state index in [-0.39, 0.29) is 0 Å². The van der Waals surface area contributed by atoms with E-state index in [1.54, 1.807) is 0 Å². The number of hydrogen-bond donors (Lipinski definition) is 2. The number of benzene rings is 1. The highest BCUT2D eigenvalue weighted by molar-refractivity contribution is 9.10. The van der Waals surface area contributed by atoms with Crippen molar-refractivity contribution in [2.45, 2.75) is 32.4 Å². The van der Waals surface area contributed by atoms with Gasteiger partial charge in [0.25, 0.3) is 0 Å². The van der Waals surface area contributed by atoms with Crippen LogP contribution in [-0.2, 0) is 11.3 Å². The Kier molecular flexibility index (Phi) is 5.82. The molecule has 0 saturated heterocycles. The lowest BCUT2D eigenvalue weighted by molar-refractivity contribution is 0.0324. The highest BCUT2D eigenvalue weighted by Crippen LogP contribution is 2.28. The van der Waals surface area contributed by atoms with Gasteiger partial charge in [-0.05, 0) is 42.9 Å². The summed E-state index contributed by atoms with van der Waals surface area (Å²) in [6.45, 7) is 4.66. The number of rotatable bonds is 8. The summed E-state index contributed by atoms with van der Waals surface area (Å²) in [7, 11) is 0. The quantitative estimate of drug-likeness (QED) is 0.771. The zero-order chi connectivity index (χ0) is 13.7. The fourth-order valence-corrected chi connectivity index (χ4v) is 2.16. The van der Waals surface area contributed by atoms with E-state index in [2.05, 4.69) is 46.4 Å². The molecule has 1 aliphatic rings. The maximum absolute atomic E-state index is 9.76. The van der Waals surface area contributed by atoms with Crippen molar-refractivity contribution < 1.29 is 9.84 Å². The summed E-state index contributed by atoms with van der Waals surface area (Å²) in [6, 6.07) is 6.29.